The Morgan fingerprint density at radius 2 is 2.50 bits per heavy atom. The second-order valence-electron chi connectivity index (χ2n) is 1.05. The molecule has 1 unspecified atom stereocenters. The fourth-order valence-corrected chi connectivity index (χ4v) is 0.129. The van der Waals surface area contributed by atoms with Crippen LogP contribution in [0.2, 0.25) is 0 Å². The zero-order valence-corrected chi connectivity index (χ0v) is 4.53. The highest BCUT2D eigenvalue weighted by Crippen LogP contribution is 2.02. The van der Waals surface area contributed by atoms with Gasteiger partial charge in [-0.2, -0.15) is 0 Å². The summed E-state index contributed by atoms with van der Waals surface area (Å²) in [7, 11) is 0. The molecule has 1 atom stereocenters. The highest BCUT2D eigenvalue weighted by Gasteiger charge is 1.87. The van der Waals surface area contributed by atoms with E-state index in [1.807, 2.05) is 6.92 Å². The molecule has 0 spiro atoms. The molecule has 6 heavy (non-hydrogen) atoms. The van der Waals surface area contributed by atoms with Crippen molar-refractivity contribution in [1.29, 1.82) is 0 Å². The molecule has 1 N–H and O–H groups in total. The van der Waals surface area contributed by atoms with E-state index in [2.05, 4.69) is 6.58 Å². The fraction of sp³-hybridized carbons (Fsp3) is 0.500. The van der Waals surface area contributed by atoms with E-state index in [1.54, 1.807) is 6.08 Å². The van der Waals surface area contributed by atoms with Gasteiger partial charge in [0.15, 0.2) is 0 Å². The predicted molar refractivity (Wildman–Crippen MR) is 29.9 cm³/mol. The lowest BCUT2D eigenvalue weighted by molar-refractivity contribution is 0.659. The van der Waals surface area contributed by atoms with Crippen LogP contribution in [0.15, 0.2) is 12.7 Å². The Morgan fingerprint density at radius 3 is 2.50 bits per heavy atom. The second-order valence-corrected chi connectivity index (χ2v) is 2.00. The van der Waals surface area contributed by atoms with E-state index in [0.717, 1.165) is 12.0 Å². The predicted octanol–water partition coefficient (Wildman–Crippen LogP) is 1.77. The van der Waals surface area contributed by atoms with E-state index in [1.165, 1.54) is 0 Å². The molecule has 0 aromatic carbocycles. The van der Waals surface area contributed by atoms with Crippen LogP contribution in [0.25, 0.3) is 0 Å². The van der Waals surface area contributed by atoms with Crippen molar-refractivity contribution in [3.8, 4) is 0 Å². The standard InChI is InChI=1S/C4H8OS/c1-3-4(2)6-5/h3-5H,1H2,2H3. The molecule has 0 bridgehead atoms. The van der Waals surface area contributed by atoms with Crippen LogP contribution in [-0.2, 0) is 0 Å². The van der Waals surface area contributed by atoms with E-state index in [4.69, 9.17) is 4.55 Å². The highest BCUT2D eigenvalue weighted by atomic mass is 32.2. The third kappa shape index (κ3) is 2.30. The van der Waals surface area contributed by atoms with Crippen LogP contribution < -0.4 is 0 Å². The average Bonchev–Trinajstić information content (AvgIpc) is 1.65. The van der Waals surface area contributed by atoms with Gasteiger partial charge in [0.05, 0.1) is 0 Å². The zero-order chi connectivity index (χ0) is 4.99. The molecule has 1 nitrogen and oxygen atoms in total. The summed E-state index contributed by atoms with van der Waals surface area (Å²) in [5.41, 5.74) is 0. The van der Waals surface area contributed by atoms with E-state index < -0.39 is 0 Å². The monoisotopic (exact) mass is 104 g/mol. The molecule has 2 heteroatoms. The Balaban J connectivity index is 2.96. The minimum Gasteiger partial charge on any atom is -0.329 e. The molecule has 0 aromatic heterocycles. The summed E-state index contributed by atoms with van der Waals surface area (Å²) in [6.07, 6.45) is 1.69. The lowest BCUT2D eigenvalue weighted by Crippen LogP contribution is -1.83. The summed E-state index contributed by atoms with van der Waals surface area (Å²) in [4.78, 5) is 0. The number of rotatable bonds is 2. The third-order valence-corrected chi connectivity index (χ3v) is 1.02. The van der Waals surface area contributed by atoms with Crippen LogP contribution in [-0.4, -0.2) is 9.80 Å². The smallest absolute Gasteiger partial charge is 0.0457 e. The molecule has 0 aliphatic heterocycles. The maximum Gasteiger partial charge on any atom is 0.0457 e. The first-order chi connectivity index (χ1) is 2.81. The molecule has 0 saturated carbocycles. The lowest BCUT2D eigenvalue weighted by atomic mass is 10.5. The van der Waals surface area contributed by atoms with Crippen molar-refractivity contribution in [2.24, 2.45) is 0 Å². The molecular formula is C4H8OS. The van der Waals surface area contributed by atoms with Gasteiger partial charge < -0.3 is 4.55 Å². The first-order valence-electron chi connectivity index (χ1n) is 1.74. The molecule has 0 heterocycles. The van der Waals surface area contributed by atoms with Crippen molar-refractivity contribution in [2.45, 2.75) is 12.2 Å². The van der Waals surface area contributed by atoms with Gasteiger partial charge in [-0.05, 0) is 19.0 Å². The van der Waals surface area contributed by atoms with Crippen molar-refractivity contribution in [3.05, 3.63) is 12.7 Å². The van der Waals surface area contributed by atoms with Gasteiger partial charge in [-0.25, -0.2) is 0 Å². The van der Waals surface area contributed by atoms with E-state index in [0.29, 0.717) is 0 Å². The van der Waals surface area contributed by atoms with Crippen molar-refractivity contribution in [2.75, 3.05) is 0 Å². The Labute approximate surface area is 42.3 Å². The van der Waals surface area contributed by atoms with Crippen molar-refractivity contribution >= 4 is 12.0 Å². The molecule has 0 aliphatic rings. The summed E-state index contributed by atoms with van der Waals surface area (Å²) >= 11 is 0.807. The molecule has 0 fully saturated rings. The van der Waals surface area contributed by atoms with Gasteiger partial charge in [-0.1, -0.05) is 6.08 Å². The quantitative estimate of drug-likeness (QED) is 0.425. The van der Waals surface area contributed by atoms with Crippen LogP contribution in [0.1, 0.15) is 6.92 Å². The maximum absolute atomic E-state index is 8.18. The molecule has 0 rings (SSSR count). The van der Waals surface area contributed by atoms with E-state index in [-0.39, 0.29) is 5.25 Å². The minimum absolute atomic E-state index is 0.171. The molecule has 0 radical (unpaired) electrons. The topological polar surface area (TPSA) is 20.2 Å². The van der Waals surface area contributed by atoms with E-state index >= 15 is 0 Å². The van der Waals surface area contributed by atoms with Crippen LogP contribution in [0, 0.1) is 0 Å². The first-order valence-corrected chi connectivity index (χ1v) is 2.57. The van der Waals surface area contributed by atoms with Gasteiger partial charge in [0.2, 0.25) is 0 Å². The third-order valence-electron chi connectivity index (χ3n) is 0.498. The fourth-order valence-electron chi connectivity index (χ4n) is 0.0430. The first kappa shape index (κ1) is 6.05. The minimum atomic E-state index is 0.171. The van der Waals surface area contributed by atoms with Crippen molar-refractivity contribution in [3.63, 3.8) is 0 Å². The summed E-state index contributed by atoms with van der Waals surface area (Å²) in [5.74, 6) is 0. The largest absolute Gasteiger partial charge is 0.329 e. The lowest BCUT2D eigenvalue weighted by Gasteiger charge is -1.91. The second kappa shape index (κ2) is 3.25. The molecule has 0 saturated heterocycles. The Kier molecular flexibility index (Phi) is 3.28. The van der Waals surface area contributed by atoms with Gasteiger partial charge in [0.25, 0.3) is 0 Å². The molecule has 0 amide bonds. The van der Waals surface area contributed by atoms with E-state index in [9.17, 15) is 0 Å². The van der Waals surface area contributed by atoms with Gasteiger partial charge >= 0.3 is 0 Å². The summed E-state index contributed by atoms with van der Waals surface area (Å²) in [6, 6.07) is 0. The molecule has 36 valence electrons. The molecule has 0 aliphatic carbocycles. The maximum atomic E-state index is 8.18. The number of hydrogen-bond acceptors (Lipinski definition) is 2. The molecular weight excluding hydrogens is 96.1 g/mol. The van der Waals surface area contributed by atoms with Crippen LogP contribution >= 0.6 is 12.0 Å². The van der Waals surface area contributed by atoms with Crippen LogP contribution in [0.5, 0.6) is 0 Å². The molecule has 0 aromatic rings. The highest BCUT2D eigenvalue weighted by molar-refractivity contribution is 7.94. The summed E-state index contributed by atoms with van der Waals surface area (Å²) in [5, 5.41) is 0.171. The van der Waals surface area contributed by atoms with Crippen LogP contribution in [0.4, 0.5) is 0 Å². The Morgan fingerprint density at radius 1 is 2.00 bits per heavy atom. The van der Waals surface area contributed by atoms with Crippen molar-refractivity contribution in [1.82, 2.24) is 0 Å². The number of hydrogen-bond donors (Lipinski definition) is 1. The van der Waals surface area contributed by atoms with Gasteiger partial charge in [-0.3, -0.25) is 0 Å². The van der Waals surface area contributed by atoms with Crippen LogP contribution in [0.3, 0.4) is 0 Å². The Hall–Kier alpha value is 0.0500. The normalized spacial score (nSPS) is 13.7. The average molecular weight is 104 g/mol. The van der Waals surface area contributed by atoms with Gasteiger partial charge in [0.1, 0.15) is 0 Å². The summed E-state index contributed by atoms with van der Waals surface area (Å²) in [6.45, 7) is 5.32. The van der Waals surface area contributed by atoms with Gasteiger partial charge in [-0.15, -0.1) is 6.58 Å². The van der Waals surface area contributed by atoms with Gasteiger partial charge in [0, 0.05) is 5.25 Å². The van der Waals surface area contributed by atoms with Crippen molar-refractivity contribution < 1.29 is 4.55 Å². The summed E-state index contributed by atoms with van der Waals surface area (Å²) < 4.78 is 8.18. The zero-order valence-electron chi connectivity index (χ0n) is 3.72. The Bertz CT molecular complexity index is 44.8. The SMILES string of the molecule is C=CC(C)SO.